The summed E-state index contributed by atoms with van der Waals surface area (Å²) in [7, 11) is 1.80. The van der Waals surface area contributed by atoms with Crippen LogP contribution in [-0.4, -0.2) is 22.2 Å². The molecule has 0 fully saturated rings. The van der Waals surface area contributed by atoms with Crippen LogP contribution in [0, 0.1) is 6.92 Å². The Kier molecular flexibility index (Phi) is 3.69. The molecule has 0 atom stereocenters. The Bertz CT molecular complexity index is 695. The third-order valence-corrected chi connectivity index (χ3v) is 4.23. The molecule has 0 unspecified atom stereocenters. The first-order chi connectivity index (χ1) is 10.1. The van der Waals surface area contributed by atoms with E-state index < -0.39 is 0 Å². The lowest BCUT2D eigenvalue weighted by molar-refractivity contribution is -0.117. The van der Waals surface area contributed by atoms with Crippen molar-refractivity contribution in [2.24, 2.45) is 7.05 Å². The van der Waals surface area contributed by atoms with Crippen molar-refractivity contribution in [3.8, 4) is 0 Å². The summed E-state index contributed by atoms with van der Waals surface area (Å²) in [5.41, 5.74) is 3.79. The maximum Gasteiger partial charge on any atom is 0.241 e. The van der Waals surface area contributed by atoms with Crippen LogP contribution in [0.3, 0.4) is 0 Å². The quantitative estimate of drug-likeness (QED) is 0.923. The second kappa shape index (κ2) is 5.50. The van der Waals surface area contributed by atoms with Crippen LogP contribution in [0.25, 0.3) is 0 Å². The maximum absolute atomic E-state index is 12.4. The molecule has 21 heavy (non-hydrogen) atoms. The van der Waals surface area contributed by atoms with Crippen molar-refractivity contribution in [2.75, 3.05) is 11.4 Å². The van der Waals surface area contributed by atoms with Gasteiger partial charge in [-0.05, 0) is 18.6 Å². The number of carbonyl (C=O) groups is 1. The summed E-state index contributed by atoms with van der Waals surface area (Å²) in [6.07, 6.45) is 0. The first-order valence-electron chi connectivity index (χ1n) is 6.85. The Hall–Kier alpha value is -1.85. The number of carbonyl (C=O) groups excluding carboxylic acids is 1. The molecule has 1 amide bonds. The number of fused-ring (bicyclic) bond motifs is 1. The Morgan fingerprint density at radius 2 is 2.10 bits per heavy atom. The topological polar surface area (TPSA) is 50.2 Å². The lowest BCUT2D eigenvalue weighted by atomic mass is 10.1. The van der Waals surface area contributed by atoms with Crippen LogP contribution in [0.2, 0.25) is 5.15 Å². The van der Waals surface area contributed by atoms with Gasteiger partial charge in [0.05, 0.1) is 18.8 Å². The predicted molar refractivity (Wildman–Crippen MR) is 82.3 cm³/mol. The van der Waals surface area contributed by atoms with Crippen LogP contribution in [-0.2, 0) is 24.9 Å². The molecule has 5 nitrogen and oxygen atoms in total. The summed E-state index contributed by atoms with van der Waals surface area (Å²) in [5.74, 6) is 0.0410. The molecule has 0 aliphatic carbocycles. The fraction of sp³-hybridized carbons (Fsp3) is 0.333. The molecule has 1 N–H and O–H groups in total. The summed E-state index contributed by atoms with van der Waals surface area (Å²) >= 11 is 6.30. The van der Waals surface area contributed by atoms with Gasteiger partial charge in [-0.2, -0.15) is 5.10 Å². The number of nitrogens with one attached hydrogen (secondary N) is 1. The number of para-hydroxylation sites is 1. The van der Waals surface area contributed by atoms with Crippen LogP contribution in [0.4, 0.5) is 5.69 Å². The van der Waals surface area contributed by atoms with E-state index in [4.69, 9.17) is 11.6 Å². The number of halogens is 1. The van der Waals surface area contributed by atoms with Crippen molar-refractivity contribution in [2.45, 2.75) is 20.0 Å². The highest BCUT2D eigenvalue weighted by Crippen LogP contribution is 2.27. The van der Waals surface area contributed by atoms with Crippen LogP contribution < -0.4 is 10.2 Å². The monoisotopic (exact) mass is 304 g/mol. The zero-order chi connectivity index (χ0) is 15.0. The van der Waals surface area contributed by atoms with E-state index in [1.165, 1.54) is 0 Å². The molecule has 110 valence electrons. The normalized spacial score (nSPS) is 15.0. The van der Waals surface area contributed by atoms with E-state index in [0.29, 0.717) is 24.8 Å². The molecular weight excluding hydrogens is 288 g/mol. The highest BCUT2D eigenvalue weighted by molar-refractivity contribution is 6.30. The van der Waals surface area contributed by atoms with Crippen molar-refractivity contribution in [3.63, 3.8) is 0 Å². The van der Waals surface area contributed by atoms with Crippen molar-refractivity contribution in [3.05, 3.63) is 46.2 Å². The van der Waals surface area contributed by atoms with Gasteiger partial charge < -0.3 is 10.2 Å². The van der Waals surface area contributed by atoms with Crippen molar-refractivity contribution in [1.29, 1.82) is 0 Å². The van der Waals surface area contributed by atoms with Gasteiger partial charge in [0.15, 0.2) is 0 Å². The van der Waals surface area contributed by atoms with Crippen LogP contribution in [0.15, 0.2) is 24.3 Å². The summed E-state index contributed by atoms with van der Waals surface area (Å²) in [6, 6.07) is 7.93. The van der Waals surface area contributed by atoms with E-state index >= 15 is 0 Å². The van der Waals surface area contributed by atoms with Crippen LogP contribution in [0.5, 0.6) is 0 Å². The minimum absolute atomic E-state index is 0.0410. The first kappa shape index (κ1) is 14.1. The van der Waals surface area contributed by atoms with Crippen LogP contribution >= 0.6 is 11.6 Å². The van der Waals surface area contributed by atoms with Gasteiger partial charge >= 0.3 is 0 Å². The average molecular weight is 305 g/mol. The number of aromatic nitrogens is 2. The van der Waals surface area contributed by atoms with Crippen molar-refractivity contribution < 1.29 is 4.79 Å². The molecule has 3 rings (SSSR count). The maximum atomic E-state index is 12.4. The largest absolute Gasteiger partial charge is 0.306 e. The molecule has 2 heterocycles. The molecule has 0 bridgehead atoms. The highest BCUT2D eigenvalue weighted by Gasteiger charge is 2.24. The van der Waals surface area contributed by atoms with E-state index in [2.05, 4.69) is 10.4 Å². The standard InChI is InChI=1S/C15H17ClN4O/c1-10-12(15(16)19(2)18-10)9-20-13-6-4-3-5-11(13)7-17-8-14(20)21/h3-6,17H,7-9H2,1-2H3. The number of benzene rings is 1. The SMILES string of the molecule is Cc1nn(C)c(Cl)c1CN1C(=O)CNCc2ccccc21. The highest BCUT2D eigenvalue weighted by atomic mass is 35.5. The van der Waals surface area contributed by atoms with E-state index in [-0.39, 0.29) is 5.91 Å². The molecule has 0 saturated heterocycles. The molecule has 1 aliphatic rings. The predicted octanol–water partition coefficient (Wildman–Crippen LogP) is 2.02. The molecule has 0 radical (unpaired) electrons. The minimum Gasteiger partial charge on any atom is -0.306 e. The molecule has 1 aromatic carbocycles. The summed E-state index contributed by atoms with van der Waals surface area (Å²) < 4.78 is 1.64. The zero-order valence-corrected chi connectivity index (χ0v) is 12.8. The van der Waals surface area contributed by atoms with Gasteiger partial charge in [-0.3, -0.25) is 9.48 Å². The Morgan fingerprint density at radius 1 is 1.33 bits per heavy atom. The fourth-order valence-corrected chi connectivity index (χ4v) is 2.88. The molecule has 1 aromatic heterocycles. The second-order valence-corrected chi connectivity index (χ2v) is 5.55. The van der Waals surface area contributed by atoms with E-state index in [1.807, 2.05) is 31.2 Å². The molecule has 1 aliphatic heterocycles. The third-order valence-electron chi connectivity index (χ3n) is 3.76. The Balaban J connectivity index is 2.02. The van der Waals surface area contributed by atoms with Gasteiger partial charge in [0.1, 0.15) is 5.15 Å². The third kappa shape index (κ3) is 2.54. The number of hydrogen-bond donors (Lipinski definition) is 1. The lowest BCUT2D eigenvalue weighted by Gasteiger charge is -2.22. The smallest absolute Gasteiger partial charge is 0.241 e. The molecule has 2 aromatic rings. The van der Waals surface area contributed by atoms with E-state index in [9.17, 15) is 4.79 Å². The molecular formula is C15H17ClN4O. The molecule has 6 heteroatoms. The van der Waals surface area contributed by atoms with E-state index in [1.54, 1.807) is 16.6 Å². The molecule has 0 spiro atoms. The summed E-state index contributed by atoms with van der Waals surface area (Å²) in [5, 5.41) is 8.05. The second-order valence-electron chi connectivity index (χ2n) is 5.19. The lowest BCUT2D eigenvalue weighted by Crippen LogP contribution is -2.35. The van der Waals surface area contributed by atoms with Crippen molar-refractivity contribution in [1.82, 2.24) is 15.1 Å². The van der Waals surface area contributed by atoms with Gasteiger partial charge in [-0.1, -0.05) is 29.8 Å². The summed E-state index contributed by atoms with van der Waals surface area (Å²) in [6.45, 7) is 3.37. The van der Waals surface area contributed by atoms with Gasteiger partial charge in [0.25, 0.3) is 0 Å². The van der Waals surface area contributed by atoms with E-state index in [0.717, 1.165) is 22.5 Å². The number of anilines is 1. The van der Waals surface area contributed by atoms with Gasteiger partial charge in [-0.15, -0.1) is 0 Å². The zero-order valence-electron chi connectivity index (χ0n) is 12.1. The fourth-order valence-electron chi connectivity index (χ4n) is 2.64. The summed E-state index contributed by atoms with van der Waals surface area (Å²) in [4.78, 5) is 14.2. The Labute approximate surface area is 128 Å². The van der Waals surface area contributed by atoms with Crippen LogP contribution in [0.1, 0.15) is 16.8 Å². The number of hydrogen-bond acceptors (Lipinski definition) is 3. The minimum atomic E-state index is 0.0410. The Morgan fingerprint density at radius 3 is 2.81 bits per heavy atom. The molecule has 0 saturated carbocycles. The van der Waals surface area contributed by atoms with Gasteiger partial charge in [-0.25, -0.2) is 0 Å². The number of aryl methyl sites for hydroxylation is 2. The number of amides is 1. The van der Waals surface area contributed by atoms with Gasteiger partial charge in [0, 0.05) is 24.8 Å². The van der Waals surface area contributed by atoms with Gasteiger partial charge in [0.2, 0.25) is 5.91 Å². The van der Waals surface area contributed by atoms with Crippen molar-refractivity contribution >= 4 is 23.2 Å². The average Bonchev–Trinajstić information content (AvgIpc) is 2.62. The first-order valence-corrected chi connectivity index (χ1v) is 7.22. The number of rotatable bonds is 2. The number of nitrogens with zero attached hydrogens (tertiary/aromatic N) is 3.